The largest absolute Gasteiger partial charge is 0.352 e. The van der Waals surface area contributed by atoms with Gasteiger partial charge < -0.3 is 10.6 Å². The lowest BCUT2D eigenvalue weighted by atomic mass is 9.83. The van der Waals surface area contributed by atoms with Crippen molar-refractivity contribution in [1.82, 2.24) is 9.97 Å². The van der Waals surface area contributed by atoms with E-state index in [9.17, 15) is 0 Å². The molecule has 0 amide bonds. The molecule has 0 saturated carbocycles. The van der Waals surface area contributed by atoms with Gasteiger partial charge in [0.1, 0.15) is 12.1 Å². The standard InChI is InChI=1S/C14H22N4/c1-14(2,3)12-4-6-18(7-5-12)13-11(8-15)9-16-10-17-13/h4,9-10H,5-8,15H2,1-3H3. The Morgan fingerprint density at radius 2 is 2.17 bits per heavy atom. The Kier molecular flexibility index (Phi) is 3.66. The van der Waals surface area contributed by atoms with E-state index in [0.29, 0.717) is 6.54 Å². The topological polar surface area (TPSA) is 55.0 Å². The van der Waals surface area contributed by atoms with Crippen LogP contribution < -0.4 is 10.6 Å². The highest BCUT2D eigenvalue weighted by molar-refractivity contribution is 5.47. The summed E-state index contributed by atoms with van der Waals surface area (Å²) in [4.78, 5) is 10.7. The van der Waals surface area contributed by atoms with Gasteiger partial charge in [-0.05, 0) is 11.8 Å². The Morgan fingerprint density at radius 1 is 1.39 bits per heavy atom. The highest BCUT2D eigenvalue weighted by atomic mass is 15.2. The summed E-state index contributed by atoms with van der Waals surface area (Å²) >= 11 is 0. The molecule has 0 spiro atoms. The van der Waals surface area contributed by atoms with E-state index in [-0.39, 0.29) is 5.41 Å². The van der Waals surface area contributed by atoms with Gasteiger partial charge in [-0.3, -0.25) is 0 Å². The number of anilines is 1. The van der Waals surface area contributed by atoms with Gasteiger partial charge in [-0.15, -0.1) is 0 Å². The van der Waals surface area contributed by atoms with Crippen LogP contribution in [-0.2, 0) is 6.54 Å². The SMILES string of the molecule is CC(C)(C)C1=CCN(c2ncncc2CN)CC1. The highest BCUT2D eigenvalue weighted by Crippen LogP contribution is 2.31. The molecule has 0 fully saturated rings. The zero-order valence-corrected chi connectivity index (χ0v) is 11.5. The molecule has 2 N–H and O–H groups in total. The van der Waals surface area contributed by atoms with Crippen molar-refractivity contribution >= 4 is 5.82 Å². The van der Waals surface area contributed by atoms with Gasteiger partial charge in [0.25, 0.3) is 0 Å². The van der Waals surface area contributed by atoms with Gasteiger partial charge >= 0.3 is 0 Å². The molecule has 0 unspecified atom stereocenters. The van der Waals surface area contributed by atoms with Crippen molar-refractivity contribution in [1.29, 1.82) is 0 Å². The Morgan fingerprint density at radius 3 is 2.72 bits per heavy atom. The molecule has 0 bridgehead atoms. The van der Waals surface area contributed by atoms with Crippen molar-refractivity contribution in [3.05, 3.63) is 29.7 Å². The third kappa shape index (κ3) is 2.70. The van der Waals surface area contributed by atoms with E-state index in [2.05, 4.69) is 41.7 Å². The van der Waals surface area contributed by atoms with Crippen LogP contribution in [0.15, 0.2) is 24.2 Å². The fourth-order valence-electron chi connectivity index (χ4n) is 2.32. The molecule has 1 aliphatic heterocycles. The lowest BCUT2D eigenvalue weighted by Gasteiger charge is -2.33. The number of hydrogen-bond donors (Lipinski definition) is 1. The summed E-state index contributed by atoms with van der Waals surface area (Å²) in [6, 6.07) is 0. The van der Waals surface area contributed by atoms with Gasteiger partial charge in [0.05, 0.1) is 0 Å². The van der Waals surface area contributed by atoms with E-state index in [0.717, 1.165) is 30.9 Å². The predicted octanol–water partition coefficient (Wildman–Crippen LogP) is 2.12. The minimum atomic E-state index is 0.272. The molecule has 0 aliphatic carbocycles. The third-order valence-corrected chi connectivity index (χ3v) is 3.46. The molecule has 0 saturated heterocycles. The zero-order valence-electron chi connectivity index (χ0n) is 11.5. The first-order valence-corrected chi connectivity index (χ1v) is 6.46. The van der Waals surface area contributed by atoms with Gasteiger partial charge in [0.15, 0.2) is 0 Å². The molecular formula is C14H22N4. The Balaban J connectivity index is 2.17. The Labute approximate surface area is 109 Å². The summed E-state index contributed by atoms with van der Waals surface area (Å²) in [5.74, 6) is 0.983. The summed E-state index contributed by atoms with van der Waals surface area (Å²) < 4.78 is 0. The maximum absolute atomic E-state index is 5.73. The highest BCUT2D eigenvalue weighted by Gasteiger charge is 2.22. The van der Waals surface area contributed by atoms with Crippen molar-refractivity contribution in [3.8, 4) is 0 Å². The molecular weight excluding hydrogens is 224 g/mol. The van der Waals surface area contributed by atoms with Gasteiger partial charge in [0.2, 0.25) is 0 Å². The smallest absolute Gasteiger partial charge is 0.136 e. The fraction of sp³-hybridized carbons (Fsp3) is 0.571. The van der Waals surface area contributed by atoms with E-state index >= 15 is 0 Å². The lowest BCUT2D eigenvalue weighted by Crippen LogP contribution is -2.32. The number of aromatic nitrogens is 2. The molecule has 4 heteroatoms. The first-order valence-electron chi connectivity index (χ1n) is 6.46. The van der Waals surface area contributed by atoms with Crippen molar-refractivity contribution < 1.29 is 0 Å². The maximum atomic E-state index is 5.73. The lowest BCUT2D eigenvalue weighted by molar-refractivity contribution is 0.472. The first-order chi connectivity index (χ1) is 8.52. The van der Waals surface area contributed by atoms with Crippen LogP contribution in [0.25, 0.3) is 0 Å². The van der Waals surface area contributed by atoms with E-state index < -0.39 is 0 Å². The van der Waals surface area contributed by atoms with E-state index in [1.165, 1.54) is 5.57 Å². The molecule has 0 aromatic carbocycles. The number of rotatable bonds is 2. The minimum absolute atomic E-state index is 0.272. The van der Waals surface area contributed by atoms with Crippen LogP contribution in [-0.4, -0.2) is 23.1 Å². The Hall–Kier alpha value is -1.42. The summed E-state index contributed by atoms with van der Waals surface area (Å²) in [7, 11) is 0. The van der Waals surface area contributed by atoms with Crippen molar-refractivity contribution in [3.63, 3.8) is 0 Å². The number of hydrogen-bond acceptors (Lipinski definition) is 4. The van der Waals surface area contributed by atoms with Crippen LogP contribution in [0.1, 0.15) is 32.8 Å². The molecule has 1 aliphatic rings. The van der Waals surface area contributed by atoms with Crippen LogP contribution in [0.3, 0.4) is 0 Å². The van der Waals surface area contributed by atoms with Crippen molar-refractivity contribution in [2.75, 3.05) is 18.0 Å². The Bertz CT molecular complexity index is 445. The fourth-order valence-corrected chi connectivity index (χ4v) is 2.32. The normalized spacial score (nSPS) is 16.7. The number of nitrogens with zero attached hydrogens (tertiary/aromatic N) is 3. The average Bonchev–Trinajstić information content (AvgIpc) is 2.38. The molecule has 0 radical (unpaired) electrons. The second-order valence-corrected chi connectivity index (χ2v) is 5.75. The van der Waals surface area contributed by atoms with Crippen LogP contribution in [0.5, 0.6) is 0 Å². The quantitative estimate of drug-likeness (QED) is 0.812. The summed E-state index contributed by atoms with van der Waals surface area (Å²) in [5.41, 5.74) is 8.55. The molecule has 2 rings (SSSR count). The van der Waals surface area contributed by atoms with E-state index in [1.807, 2.05) is 6.20 Å². The van der Waals surface area contributed by atoms with Gasteiger partial charge in [-0.25, -0.2) is 9.97 Å². The molecule has 1 aromatic heterocycles. The van der Waals surface area contributed by atoms with E-state index in [1.54, 1.807) is 6.33 Å². The zero-order chi connectivity index (χ0) is 13.2. The van der Waals surface area contributed by atoms with Gasteiger partial charge in [0, 0.05) is 31.4 Å². The second-order valence-electron chi connectivity index (χ2n) is 5.75. The van der Waals surface area contributed by atoms with E-state index in [4.69, 9.17) is 5.73 Å². The van der Waals surface area contributed by atoms with Gasteiger partial charge in [-0.1, -0.05) is 32.4 Å². The van der Waals surface area contributed by atoms with Crippen molar-refractivity contribution in [2.24, 2.45) is 11.1 Å². The molecule has 0 atom stereocenters. The summed E-state index contributed by atoms with van der Waals surface area (Å²) in [6.45, 7) is 9.21. The molecule has 18 heavy (non-hydrogen) atoms. The molecule has 2 heterocycles. The third-order valence-electron chi connectivity index (χ3n) is 3.46. The average molecular weight is 246 g/mol. The summed E-state index contributed by atoms with van der Waals surface area (Å²) in [6.07, 6.45) is 6.83. The molecule has 4 nitrogen and oxygen atoms in total. The number of nitrogens with two attached hydrogens (primary N) is 1. The monoisotopic (exact) mass is 246 g/mol. The first kappa shape index (κ1) is 13.0. The van der Waals surface area contributed by atoms with Gasteiger partial charge in [-0.2, -0.15) is 0 Å². The molecule has 1 aromatic rings. The van der Waals surface area contributed by atoms with Crippen LogP contribution in [0.4, 0.5) is 5.82 Å². The second kappa shape index (κ2) is 5.06. The van der Waals surface area contributed by atoms with Crippen molar-refractivity contribution in [2.45, 2.75) is 33.7 Å². The van der Waals surface area contributed by atoms with Crippen LogP contribution >= 0.6 is 0 Å². The maximum Gasteiger partial charge on any atom is 0.136 e. The molecule has 98 valence electrons. The van der Waals surface area contributed by atoms with Crippen LogP contribution in [0.2, 0.25) is 0 Å². The predicted molar refractivity (Wildman–Crippen MR) is 74.3 cm³/mol. The summed E-state index contributed by atoms with van der Waals surface area (Å²) in [5, 5.41) is 0. The van der Waals surface area contributed by atoms with Crippen LogP contribution in [0, 0.1) is 5.41 Å². The minimum Gasteiger partial charge on any atom is -0.352 e.